The van der Waals surface area contributed by atoms with Gasteiger partial charge in [0.25, 0.3) is 5.91 Å². The van der Waals surface area contributed by atoms with E-state index in [4.69, 9.17) is 11.6 Å². The van der Waals surface area contributed by atoms with Crippen molar-refractivity contribution in [3.63, 3.8) is 0 Å². The second-order valence-electron chi connectivity index (χ2n) is 7.49. The third kappa shape index (κ3) is 4.96. The Labute approximate surface area is 188 Å². The monoisotopic (exact) mass is 466 g/mol. The molecular formula is C22H21ClF2N2O3S. The fraction of sp³-hybridized carbons (Fsp3) is 0.364. The summed E-state index contributed by atoms with van der Waals surface area (Å²) in [4.78, 5) is 27.6. The van der Waals surface area contributed by atoms with Gasteiger partial charge >= 0.3 is 6.61 Å². The van der Waals surface area contributed by atoms with Crippen LogP contribution in [0.4, 0.5) is 8.78 Å². The third-order valence-corrected chi connectivity index (χ3v) is 6.77. The highest BCUT2D eigenvalue weighted by Gasteiger charge is 2.36. The molecule has 0 bridgehead atoms. The van der Waals surface area contributed by atoms with Gasteiger partial charge in [-0.3, -0.25) is 9.59 Å². The summed E-state index contributed by atoms with van der Waals surface area (Å²) in [7, 11) is 0. The highest BCUT2D eigenvalue weighted by molar-refractivity contribution is 7.99. The number of hydrogen-bond acceptors (Lipinski definition) is 4. The minimum atomic E-state index is -2.87. The molecule has 2 unspecified atom stereocenters. The molecule has 9 heteroatoms. The van der Waals surface area contributed by atoms with E-state index in [0.717, 1.165) is 30.4 Å². The lowest BCUT2D eigenvalue weighted by Crippen LogP contribution is -2.48. The van der Waals surface area contributed by atoms with Crippen LogP contribution < -0.4 is 10.1 Å². The van der Waals surface area contributed by atoms with Crippen molar-refractivity contribution in [1.29, 1.82) is 0 Å². The highest BCUT2D eigenvalue weighted by atomic mass is 35.5. The number of thioether (sulfide) groups is 1. The molecule has 164 valence electrons. The molecule has 0 spiro atoms. The van der Waals surface area contributed by atoms with Crippen molar-refractivity contribution in [2.75, 3.05) is 11.6 Å². The molecule has 1 N–H and O–H groups in total. The molecule has 2 atom stereocenters. The number of halogens is 3. The molecule has 4 rings (SSSR count). The summed E-state index contributed by atoms with van der Waals surface area (Å²) in [5, 5.41) is 3.61. The number of aryl methyl sites for hydroxylation is 1. The van der Waals surface area contributed by atoms with E-state index in [9.17, 15) is 18.4 Å². The van der Waals surface area contributed by atoms with Gasteiger partial charge in [-0.05, 0) is 66.8 Å². The van der Waals surface area contributed by atoms with Crippen LogP contribution in [0.3, 0.4) is 0 Å². The minimum Gasteiger partial charge on any atom is -0.435 e. The molecule has 1 heterocycles. The quantitative estimate of drug-likeness (QED) is 0.696. The Balaban J connectivity index is 1.47. The maximum Gasteiger partial charge on any atom is 0.387 e. The van der Waals surface area contributed by atoms with Crippen LogP contribution in [-0.4, -0.2) is 41.0 Å². The molecule has 2 amide bonds. The lowest BCUT2D eigenvalue weighted by atomic mass is 9.87. The normalized spacial score (nSPS) is 20.5. The number of fused-ring (bicyclic) bond motifs is 1. The van der Waals surface area contributed by atoms with Crippen molar-refractivity contribution < 1.29 is 23.1 Å². The Bertz CT molecular complexity index is 974. The van der Waals surface area contributed by atoms with Crippen LogP contribution in [0.15, 0.2) is 42.5 Å². The van der Waals surface area contributed by atoms with Crippen molar-refractivity contribution in [2.45, 2.75) is 38.0 Å². The van der Waals surface area contributed by atoms with Gasteiger partial charge in [-0.25, -0.2) is 0 Å². The van der Waals surface area contributed by atoms with E-state index in [1.165, 1.54) is 17.8 Å². The minimum absolute atomic E-state index is 0.118. The van der Waals surface area contributed by atoms with E-state index in [1.807, 2.05) is 0 Å². The molecule has 31 heavy (non-hydrogen) atoms. The summed E-state index contributed by atoms with van der Waals surface area (Å²) in [5.41, 5.74) is 2.28. The van der Waals surface area contributed by atoms with Crippen molar-refractivity contribution in [2.24, 2.45) is 0 Å². The Morgan fingerprint density at radius 3 is 2.71 bits per heavy atom. The van der Waals surface area contributed by atoms with E-state index in [1.54, 1.807) is 41.3 Å². The van der Waals surface area contributed by atoms with E-state index < -0.39 is 12.7 Å². The number of ether oxygens (including phenoxy) is 1. The summed E-state index contributed by atoms with van der Waals surface area (Å²) >= 11 is 7.43. The zero-order valence-electron chi connectivity index (χ0n) is 16.5. The SMILES string of the molecule is O=C(NC1CCCc2cc(OC(F)F)ccc21)C1CSCN1C(=O)c1ccc(Cl)cc1. The first-order chi connectivity index (χ1) is 14.9. The van der Waals surface area contributed by atoms with Gasteiger partial charge in [-0.1, -0.05) is 17.7 Å². The predicted molar refractivity (Wildman–Crippen MR) is 116 cm³/mol. The standard InChI is InChI=1S/C22H21ClF2N2O3S/c23-15-6-4-13(5-7-15)21(29)27-12-31-11-19(27)20(28)26-18-3-1-2-14-10-16(30-22(24)25)8-9-17(14)18/h4-10,18-19,22H,1-3,11-12H2,(H,26,28). The van der Waals surface area contributed by atoms with Gasteiger partial charge in [-0.2, -0.15) is 8.78 Å². The number of amides is 2. The summed E-state index contributed by atoms with van der Waals surface area (Å²) in [6, 6.07) is 10.7. The average molecular weight is 467 g/mol. The predicted octanol–water partition coefficient (Wildman–Crippen LogP) is 4.65. The third-order valence-electron chi connectivity index (χ3n) is 5.51. The van der Waals surface area contributed by atoms with Gasteiger partial charge in [0.1, 0.15) is 11.8 Å². The number of rotatable bonds is 5. The zero-order valence-corrected chi connectivity index (χ0v) is 18.1. The molecule has 2 aliphatic rings. The topological polar surface area (TPSA) is 58.6 Å². The van der Waals surface area contributed by atoms with Crippen LogP contribution in [0.2, 0.25) is 5.02 Å². The van der Waals surface area contributed by atoms with Crippen molar-refractivity contribution in [1.82, 2.24) is 10.2 Å². The van der Waals surface area contributed by atoms with Gasteiger partial charge in [0.2, 0.25) is 5.91 Å². The van der Waals surface area contributed by atoms with Crippen molar-refractivity contribution in [3.8, 4) is 5.75 Å². The van der Waals surface area contributed by atoms with Gasteiger partial charge < -0.3 is 15.0 Å². The second kappa shape index (κ2) is 9.44. The number of carbonyl (C=O) groups is 2. The smallest absolute Gasteiger partial charge is 0.387 e. The summed E-state index contributed by atoms with van der Waals surface area (Å²) in [6.07, 6.45) is 2.31. The van der Waals surface area contributed by atoms with Gasteiger partial charge in [0.15, 0.2) is 0 Å². The van der Waals surface area contributed by atoms with Crippen LogP contribution in [-0.2, 0) is 11.2 Å². The number of benzene rings is 2. The average Bonchev–Trinajstić information content (AvgIpc) is 3.23. The summed E-state index contributed by atoms with van der Waals surface area (Å²) in [5.74, 6) is 0.659. The van der Waals surface area contributed by atoms with Crippen LogP contribution in [0, 0.1) is 0 Å². The fourth-order valence-electron chi connectivity index (χ4n) is 4.00. The number of alkyl halides is 2. The van der Waals surface area contributed by atoms with Crippen LogP contribution in [0.1, 0.15) is 40.4 Å². The van der Waals surface area contributed by atoms with E-state index >= 15 is 0 Å². The summed E-state index contributed by atoms with van der Waals surface area (Å²) < 4.78 is 29.5. The van der Waals surface area contributed by atoms with E-state index in [0.29, 0.717) is 22.2 Å². The molecular weight excluding hydrogens is 446 g/mol. The fourth-order valence-corrected chi connectivity index (χ4v) is 5.28. The summed E-state index contributed by atoms with van der Waals surface area (Å²) in [6.45, 7) is -2.87. The Morgan fingerprint density at radius 2 is 1.97 bits per heavy atom. The van der Waals surface area contributed by atoms with Gasteiger partial charge in [0.05, 0.1) is 11.9 Å². The molecule has 0 radical (unpaired) electrons. The molecule has 0 aromatic heterocycles. The van der Waals surface area contributed by atoms with Crippen LogP contribution >= 0.6 is 23.4 Å². The molecule has 5 nitrogen and oxygen atoms in total. The molecule has 1 saturated heterocycles. The number of nitrogens with one attached hydrogen (secondary N) is 1. The Kier molecular flexibility index (Phi) is 6.67. The first-order valence-corrected chi connectivity index (χ1v) is 11.5. The maximum atomic E-state index is 13.1. The van der Waals surface area contributed by atoms with E-state index in [-0.39, 0.29) is 23.6 Å². The maximum absolute atomic E-state index is 13.1. The molecule has 2 aromatic carbocycles. The van der Waals surface area contributed by atoms with E-state index in [2.05, 4.69) is 10.1 Å². The molecule has 0 saturated carbocycles. The largest absolute Gasteiger partial charge is 0.435 e. The van der Waals surface area contributed by atoms with Crippen LogP contribution in [0.5, 0.6) is 5.75 Å². The van der Waals surface area contributed by atoms with Gasteiger partial charge in [-0.15, -0.1) is 11.8 Å². The lowest BCUT2D eigenvalue weighted by molar-refractivity contribution is -0.125. The molecule has 1 fully saturated rings. The first-order valence-electron chi connectivity index (χ1n) is 9.94. The second-order valence-corrected chi connectivity index (χ2v) is 8.93. The van der Waals surface area contributed by atoms with Gasteiger partial charge in [0, 0.05) is 16.3 Å². The number of nitrogens with zero attached hydrogens (tertiary/aromatic N) is 1. The Hall–Kier alpha value is -2.32. The first kappa shape index (κ1) is 21.9. The zero-order chi connectivity index (χ0) is 22.0. The molecule has 2 aromatic rings. The molecule has 1 aliphatic carbocycles. The van der Waals surface area contributed by atoms with Crippen molar-refractivity contribution in [3.05, 3.63) is 64.2 Å². The van der Waals surface area contributed by atoms with Crippen LogP contribution in [0.25, 0.3) is 0 Å². The number of carbonyl (C=O) groups excluding carboxylic acids is 2. The Morgan fingerprint density at radius 1 is 1.19 bits per heavy atom. The van der Waals surface area contributed by atoms with Crippen molar-refractivity contribution >= 4 is 35.2 Å². The highest BCUT2D eigenvalue weighted by Crippen LogP contribution is 2.33. The lowest BCUT2D eigenvalue weighted by Gasteiger charge is -2.30. The molecule has 1 aliphatic heterocycles. The number of hydrogen-bond donors (Lipinski definition) is 1.